The van der Waals surface area contributed by atoms with Crippen LogP contribution in [0.3, 0.4) is 0 Å². The zero-order valence-corrected chi connectivity index (χ0v) is 10.5. The molecule has 5 heteroatoms. The Hall–Kier alpha value is -1.36. The van der Waals surface area contributed by atoms with Gasteiger partial charge in [0, 0.05) is 25.8 Å². The van der Waals surface area contributed by atoms with Gasteiger partial charge in [0.05, 0.1) is 11.8 Å². The first-order valence-electron chi connectivity index (χ1n) is 6.11. The van der Waals surface area contributed by atoms with Crippen LogP contribution in [0, 0.1) is 12.8 Å². The van der Waals surface area contributed by atoms with Gasteiger partial charge in [0.2, 0.25) is 0 Å². The normalized spacial score (nSPS) is 19.9. The summed E-state index contributed by atoms with van der Waals surface area (Å²) >= 11 is 0. The van der Waals surface area contributed by atoms with Gasteiger partial charge >= 0.3 is 0 Å². The van der Waals surface area contributed by atoms with E-state index in [-0.39, 0.29) is 5.91 Å². The summed E-state index contributed by atoms with van der Waals surface area (Å²) in [6, 6.07) is 0. The maximum atomic E-state index is 12.3. The molecule has 1 aromatic rings. The van der Waals surface area contributed by atoms with Gasteiger partial charge in [0.1, 0.15) is 0 Å². The van der Waals surface area contributed by atoms with Crippen LogP contribution in [0.15, 0.2) is 6.20 Å². The van der Waals surface area contributed by atoms with Crippen LogP contribution in [0.25, 0.3) is 0 Å². The van der Waals surface area contributed by atoms with Crippen molar-refractivity contribution in [2.45, 2.75) is 19.8 Å². The summed E-state index contributed by atoms with van der Waals surface area (Å²) in [5.41, 5.74) is 7.20. The Labute approximate surface area is 102 Å². The molecule has 17 heavy (non-hydrogen) atoms. The Bertz CT molecular complexity index is 413. The van der Waals surface area contributed by atoms with Crippen molar-refractivity contribution in [1.82, 2.24) is 14.7 Å². The van der Waals surface area contributed by atoms with E-state index in [9.17, 15) is 4.79 Å². The summed E-state index contributed by atoms with van der Waals surface area (Å²) in [4.78, 5) is 14.2. The van der Waals surface area contributed by atoms with E-state index in [1.54, 1.807) is 10.9 Å². The van der Waals surface area contributed by atoms with E-state index < -0.39 is 0 Å². The molecule has 0 spiro atoms. The van der Waals surface area contributed by atoms with E-state index in [4.69, 9.17) is 5.73 Å². The Morgan fingerprint density at radius 3 is 3.00 bits per heavy atom. The van der Waals surface area contributed by atoms with E-state index >= 15 is 0 Å². The lowest BCUT2D eigenvalue weighted by atomic mass is 10.1. The molecule has 1 aliphatic heterocycles. The number of carbonyl (C=O) groups excluding carboxylic acids is 1. The minimum absolute atomic E-state index is 0.107. The summed E-state index contributed by atoms with van der Waals surface area (Å²) in [7, 11) is 1.85. The first-order chi connectivity index (χ1) is 8.13. The molecule has 1 aliphatic rings. The predicted octanol–water partition coefficient (Wildman–Crippen LogP) is 0.539. The largest absolute Gasteiger partial charge is 0.338 e. The standard InChI is InChI=1S/C12H20N4O/c1-9-11(7-14-15(9)2)12(17)16-6-4-10(8-16)3-5-13/h7,10H,3-6,8,13H2,1-2H3. The Morgan fingerprint density at radius 1 is 1.65 bits per heavy atom. The number of nitrogens with zero attached hydrogens (tertiary/aromatic N) is 3. The molecule has 2 heterocycles. The number of nitrogens with two attached hydrogens (primary N) is 1. The van der Waals surface area contributed by atoms with Crippen molar-refractivity contribution in [2.24, 2.45) is 18.7 Å². The first kappa shape index (κ1) is 12.1. The highest BCUT2D eigenvalue weighted by Gasteiger charge is 2.27. The predicted molar refractivity (Wildman–Crippen MR) is 65.6 cm³/mol. The topological polar surface area (TPSA) is 64.2 Å². The highest BCUT2D eigenvalue weighted by molar-refractivity contribution is 5.95. The van der Waals surface area contributed by atoms with Crippen molar-refractivity contribution >= 4 is 5.91 Å². The molecule has 1 fully saturated rings. The molecule has 1 unspecified atom stereocenters. The fourth-order valence-electron chi connectivity index (χ4n) is 2.37. The lowest BCUT2D eigenvalue weighted by Gasteiger charge is -2.16. The molecular weight excluding hydrogens is 216 g/mol. The van der Waals surface area contributed by atoms with Crippen molar-refractivity contribution in [3.05, 3.63) is 17.5 Å². The second kappa shape index (κ2) is 4.87. The van der Waals surface area contributed by atoms with Gasteiger partial charge < -0.3 is 10.6 Å². The Balaban J connectivity index is 2.04. The van der Waals surface area contributed by atoms with Gasteiger partial charge in [0.25, 0.3) is 5.91 Å². The van der Waals surface area contributed by atoms with Gasteiger partial charge in [-0.2, -0.15) is 5.10 Å². The molecule has 0 aromatic carbocycles. The van der Waals surface area contributed by atoms with Gasteiger partial charge in [-0.15, -0.1) is 0 Å². The van der Waals surface area contributed by atoms with Crippen molar-refractivity contribution in [2.75, 3.05) is 19.6 Å². The van der Waals surface area contributed by atoms with Gasteiger partial charge in [-0.3, -0.25) is 9.48 Å². The molecule has 1 aromatic heterocycles. The number of amides is 1. The second-order valence-corrected chi connectivity index (χ2v) is 4.75. The van der Waals surface area contributed by atoms with Crippen LogP contribution >= 0.6 is 0 Å². The summed E-state index contributed by atoms with van der Waals surface area (Å²) in [6.45, 7) is 4.31. The van der Waals surface area contributed by atoms with E-state index in [0.29, 0.717) is 12.5 Å². The summed E-state index contributed by atoms with van der Waals surface area (Å²) in [6.07, 6.45) is 3.74. The third kappa shape index (κ3) is 2.34. The molecule has 0 aliphatic carbocycles. The molecule has 0 bridgehead atoms. The van der Waals surface area contributed by atoms with Gasteiger partial charge in [0.15, 0.2) is 0 Å². The van der Waals surface area contributed by atoms with Crippen LogP contribution in [-0.4, -0.2) is 40.2 Å². The van der Waals surface area contributed by atoms with Crippen LogP contribution in [0.2, 0.25) is 0 Å². The fourth-order valence-corrected chi connectivity index (χ4v) is 2.37. The highest BCUT2D eigenvalue weighted by Crippen LogP contribution is 2.21. The minimum atomic E-state index is 0.107. The second-order valence-electron chi connectivity index (χ2n) is 4.75. The van der Waals surface area contributed by atoms with Crippen molar-refractivity contribution in [3.8, 4) is 0 Å². The Morgan fingerprint density at radius 2 is 2.41 bits per heavy atom. The number of aryl methyl sites for hydroxylation is 1. The lowest BCUT2D eigenvalue weighted by Crippen LogP contribution is -2.29. The van der Waals surface area contributed by atoms with Gasteiger partial charge in [-0.25, -0.2) is 0 Å². The zero-order chi connectivity index (χ0) is 12.4. The van der Waals surface area contributed by atoms with Crippen molar-refractivity contribution in [1.29, 1.82) is 0 Å². The molecule has 2 rings (SSSR count). The lowest BCUT2D eigenvalue weighted by molar-refractivity contribution is 0.0786. The molecule has 1 amide bonds. The SMILES string of the molecule is Cc1c(C(=O)N2CCC(CCN)C2)cnn1C. The average Bonchev–Trinajstić information content (AvgIpc) is 2.88. The third-order valence-electron chi connectivity index (χ3n) is 3.61. The quantitative estimate of drug-likeness (QED) is 0.833. The van der Waals surface area contributed by atoms with E-state index in [2.05, 4.69) is 5.10 Å². The molecule has 0 saturated carbocycles. The van der Waals surface area contributed by atoms with Crippen LogP contribution in [0.1, 0.15) is 28.9 Å². The first-order valence-corrected chi connectivity index (χ1v) is 6.11. The maximum absolute atomic E-state index is 12.3. The van der Waals surface area contributed by atoms with Crippen molar-refractivity contribution < 1.29 is 4.79 Å². The third-order valence-corrected chi connectivity index (χ3v) is 3.61. The number of hydrogen-bond donors (Lipinski definition) is 1. The summed E-state index contributed by atoms with van der Waals surface area (Å²) in [5.74, 6) is 0.677. The number of likely N-dealkylation sites (tertiary alicyclic amines) is 1. The monoisotopic (exact) mass is 236 g/mol. The fraction of sp³-hybridized carbons (Fsp3) is 0.667. The maximum Gasteiger partial charge on any atom is 0.257 e. The smallest absolute Gasteiger partial charge is 0.257 e. The summed E-state index contributed by atoms with van der Waals surface area (Å²) in [5, 5.41) is 4.11. The Kier molecular flexibility index (Phi) is 3.47. The number of rotatable bonds is 3. The van der Waals surface area contributed by atoms with Gasteiger partial charge in [-0.05, 0) is 32.2 Å². The number of hydrogen-bond acceptors (Lipinski definition) is 3. The molecule has 0 radical (unpaired) electrons. The van der Waals surface area contributed by atoms with Crippen LogP contribution in [-0.2, 0) is 7.05 Å². The molecule has 5 nitrogen and oxygen atoms in total. The van der Waals surface area contributed by atoms with E-state index in [1.165, 1.54) is 0 Å². The van der Waals surface area contributed by atoms with E-state index in [0.717, 1.165) is 37.2 Å². The molecule has 1 atom stereocenters. The highest BCUT2D eigenvalue weighted by atomic mass is 16.2. The molecular formula is C12H20N4O. The van der Waals surface area contributed by atoms with E-state index in [1.807, 2.05) is 18.9 Å². The van der Waals surface area contributed by atoms with Crippen LogP contribution < -0.4 is 5.73 Å². The molecule has 2 N–H and O–H groups in total. The number of aromatic nitrogens is 2. The van der Waals surface area contributed by atoms with Crippen molar-refractivity contribution in [3.63, 3.8) is 0 Å². The molecule has 94 valence electrons. The minimum Gasteiger partial charge on any atom is -0.338 e. The number of carbonyl (C=O) groups is 1. The average molecular weight is 236 g/mol. The zero-order valence-electron chi connectivity index (χ0n) is 10.5. The van der Waals surface area contributed by atoms with Crippen LogP contribution in [0.4, 0.5) is 0 Å². The summed E-state index contributed by atoms with van der Waals surface area (Å²) < 4.78 is 1.74. The van der Waals surface area contributed by atoms with Gasteiger partial charge in [-0.1, -0.05) is 0 Å². The van der Waals surface area contributed by atoms with Crippen LogP contribution in [0.5, 0.6) is 0 Å². The molecule has 1 saturated heterocycles.